The lowest BCUT2D eigenvalue weighted by atomic mass is 9.84. The number of rotatable bonds is 3. The van der Waals surface area contributed by atoms with Crippen molar-refractivity contribution in [3.05, 3.63) is 41.2 Å². The highest BCUT2D eigenvalue weighted by molar-refractivity contribution is 6.16. The molecule has 0 saturated heterocycles. The number of amides is 1. The van der Waals surface area contributed by atoms with Gasteiger partial charge >= 0.3 is 0 Å². The van der Waals surface area contributed by atoms with Gasteiger partial charge in [-0.05, 0) is 24.5 Å². The van der Waals surface area contributed by atoms with Crippen molar-refractivity contribution in [1.29, 1.82) is 0 Å². The van der Waals surface area contributed by atoms with Gasteiger partial charge in [0.25, 0.3) is 0 Å². The van der Waals surface area contributed by atoms with Crippen molar-refractivity contribution >= 4 is 17.4 Å². The summed E-state index contributed by atoms with van der Waals surface area (Å²) in [6.45, 7) is 2.48. The molecule has 3 heterocycles. The number of hydrogen-bond donors (Lipinski definition) is 1. The van der Waals surface area contributed by atoms with E-state index in [0.717, 1.165) is 47.4 Å². The van der Waals surface area contributed by atoms with Gasteiger partial charge in [-0.2, -0.15) is 5.10 Å². The molecule has 1 aromatic carbocycles. The molecule has 144 valence electrons. The van der Waals surface area contributed by atoms with E-state index in [4.69, 9.17) is 5.73 Å². The van der Waals surface area contributed by atoms with Crippen LogP contribution in [0.4, 0.5) is 0 Å². The van der Waals surface area contributed by atoms with Gasteiger partial charge in [-0.25, -0.2) is 0 Å². The summed E-state index contributed by atoms with van der Waals surface area (Å²) in [7, 11) is 0. The van der Waals surface area contributed by atoms with Gasteiger partial charge in [0.15, 0.2) is 5.78 Å². The van der Waals surface area contributed by atoms with Crippen molar-refractivity contribution in [2.75, 3.05) is 19.6 Å². The maximum atomic E-state index is 12.7. The fourth-order valence-electron chi connectivity index (χ4n) is 4.29. The third-order valence-corrected chi connectivity index (χ3v) is 6.19. The summed E-state index contributed by atoms with van der Waals surface area (Å²) in [6, 6.07) is 5.81. The normalized spacial score (nSPS) is 19.0. The summed E-state index contributed by atoms with van der Waals surface area (Å²) in [4.78, 5) is 31.2. The summed E-state index contributed by atoms with van der Waals surface area (Å²) in [6.07, 6.45) is 5.05. The van der Waals surface area contributed by atoms with Gasteiger partial charge in [-0.3, -0.25) is 19.3 Å². The first-order chi connectivity index (χ1) is 13.7. The van der Waals surface area contributed by atoms with Gasteiger partial charge in [0.1, 0.15) is 6.54 Å². The van der Waals surface area contributed by atoms with E-state index < -0.39 is 0 Å². The Morgan fingerprint density at radius 2 is 2.04 bits per heavy atom. The number of carbonyl (C=O) groups is 2. The Morgan fingerprint density at radius 3 is 2.79 bits per heavy atom. The molecule has 1 amide bonds. The molecule has 0 bridgehead atoms. The molecule has 1 saturated carbocycles. The van der Waals surface area contributed by atoms with Crippen molar-refractivity contribution in [3.63, 3.8) is 0 Å². The number of nitrogens with zero attached hydrogens (tertiary/aromatic N) is 4. The Morgan fingerprint density at radius 1 is 1.18 bits per heavy atom. The van der Waals surface area contributed by atoms with E-state index in [9.17, 15) is 9.59 Å². The van der Waals surface area contributed by atoms with Crippen LogP contribution in [0.2, 0.25) is 0 Å². The van der Waals surface area contributed by atoms with Gasteiger partial charge in [0, 0.05) is 35.7 Å². The molecule has 7 nitrogen and oxygen atoms in total. The number of fused-ring (bicyclic) bond motifs is 2. The van der Waals surface area contributed by atoms with Crippen LogP contribution in [0.3, 0.4) is 0 Å². The SMILES string of the molecule is NCC1=NCC(=O)c2ccc(-c3cnn4c3CN(C(=O)C3CCC3)CC4)cc21. The van der Waals surface area contributed by atoms with Crippen molar-refractivity contribution < 1.29 is 9.59 Å². The summed E-state index contributed by atoms with van der Waals surface area (Å²) < 4.78 is 1.99. The Hall–Kier alpha value is -2.80. The monoisotopic (exact) mass is 377 g/mol. The predicted octanol–water partition coefficient (Wildman–Crippen LogP) is 1.64. The zero-order chi connectivity index (χ0) is 19.3. The topological polar surface area (TPSA) is 93.6 Å². The van der Waals surface area contributed by atoms with Gasteiger partial charge in [0.05, 0.1) is 30.7 Å². The summed E-state index contributed by atoms with van der Waals surface area (Å²) in [5, 5.41) is 4.53. The number of carbonyl (C=O) groups excluding carboxylic acids is 2. The molecular formula is C21H23N5O2. The molecule has 0 spiro atoms. The fraction of sp³-hybridized carbons (Fsp3) is 0.429. The average Bonchev–Trinajstić information content (AvgIpc) is 3.10. The first kappa shape index (κ1) is 17.3. The molecule has 1 aromatic heterocycles. The highest BCUT2D eigenvalue weighted by Gasteiger charge is 2.32. The second-order valence-corrected chi connectivity index (χ2v) is 7.77. The zero-order valence-corrected chi connectivity index (χ0v) is 15.7. The number of hydrogen-bond acceptors (Lipinski definition) is 5. The second kappa shape index (κ2) is 6.67. The molecule has 1 aliphatic carbocycles. The summed E-state index contributed by atoms with van der Waals surface area (Å²) >= 11 is 0. The number of ketones is 1. The number of benzene rings is 1. The van der Waals surface area contributed by atoms with Crippen LogP contribution >= 0.6 is 0 Å². The lowest BCUT2D eigenvalue weighted by Gasteiger charge is -2.34. The van der Waals surface area contributed by atoms with E-state index >= 15 is 0 Å². The molecule has 1 fully saturated rings. The Labute approximate surface area is 163 Å². The van der Waals surface area contributed by atoms with Crippen LogP contribution in [-0.4, -0.2) is 51.7 Å². The van der Waals surface area contributed by atoms with E-state index in [0.29, 0.717) is 31.7 Å². The molecule has 3 aliphatic rings. The zero-order valence-electron chi connectivity index (χ0n) is 15.7. The number of Topliss-reactive ketones (excluding diaryl/α,β-unsaturated/α-hetero) is 1. The second-order valence-electron chi connectivity index (χ2n) is 7.77. The van der Waals surface area contributed by atoms with Crippen molar-refractivity contribution in [1.82, 2.24) is 14.7 Å². The van der Waals surface area contributed by atoms with Crippen LogP contribution in [0.5, 0.6) is 0 Å². The van der Waals surface area contributed by atoms with E-state index in [2.05, 4.69) is 10.1 Å². The smallest absolute Gasteiger partial charge is 0.226 e. The molecular weight excluding hydrogens is 354 g/mol. The molecule has 2 N–H and O–H groups in total. The Balaban J connectivity index is 1.49. The quantitative estimate of drug-likeness (QED) is 0.880. The van der Waals surface area contributed by atoms with E-state index in [1.807, 2.05) is 34.0 Å². The molecule has 0 unspecified atom stereocenters. The third-order valence-electron chi connectivity index (χ3n) is 6.19. The van der Waals surface area contributed by atoms with Crippen LogP contribution in [0, 0.1) is 5.92 Å². The van der Waals surface area contributed by atoms with E-state index in [1.54, 1.807) is 0 Å². The number of nitrogens with two attached hydrogens (primary N) is 1. The van der Waals surface area contributed by atoms with Crippen LogP contribution in [0.1, 0.15) is 40.9 Å². The first-order valence-electron chi connectivity index (χ1n) is 9.90. The summed E-state index contributed by atoms with van der Waals surface area (Å²) in [5.74, 6) is 0.502. The van der Waals surface area contributed by atoms with Crippen LogP contribution in [0.25, 0.3) is 11.1 Å². The maximum Gasteiger partial charge on any atom is 0.226 e. The van der Waals surface area contributed by atoms with Crippen molar-refractivity contribution in [3.8, 4) is 11.1 Å². The van der Waals surface area contributed by atoms with E-state index in [-0.39, 0.29) is 24.2 Å². The number of aliphatic imine (C=N–C) groups is 1. The largest absolute Gasteiger partial charge is 0.335 e. The summed E-state index contributed by atoms with van der Waals surface area (Å²) in [5.41, 5.74) is 11.1. The molecule has 28 heavy (non-hydrogen) atoms. The lowest BCUT2D eigenvalue weighted by molar-refractivity contribution is -0.139. The molecule has 0 radical (unpaired) electrons. The molecule has 5 rings (SSSR count). The minimum Gasteiger partial charge on any atom is -0.335 e. The maximum absolute atomic E-state index is 12.7. The fourth-order valence-corrected chi connectivity index (χ4v) is 4.29. The minimum absolute atomic E-state index is 0.0213. The standard InChI is InChI=1S/C21H23N5O2/c22-9-18-16-8-14(4-5-15(16)20(27)11-23-18)17-10-24-26-7-6-25(12-19(17)26)21(28)13-2-1-3-13/h4-5,8,10,13H,1-3,6-7,9,11-12,22H2. The van der Waals surface area contributed by atoms with Gasteiger partial charge < -0.3 is 10.6 Å². The van der Waals surface area contributed by atoms with Gasteiger partial charge in [-0.1, -0.05) is 18.6 Å². The number of aromatic nitrogens is 2. The van der Waals surface area contributed by atoms with Gasteiger partial charge in [-0.15, -0.1) is 0 Å². The van der Waals surface area contributed by atoms with Crippen molar-refractivity contribution in [2.45, 2.75) is 32.4 Å². The third kappa shape index (κ3) is 2.69. The van der Waals surface area contributed by atoms with Crippen LogP contribution in [-0.2, 0) is 17.9 Å². The molecule has 2 aliphatic heterocycles. The predicted molar refractivity (Wildman–Crippen MR) is 105 cm³/mol. The highest BCUT2D eigenvalue weighted by Crippen LogP contribution is 2.33. The molecule has 2 aromatic rings. The Kier molecular flexibility index (Phi) is 4.12. The molecule has 7 heteroatoms. The minimum atomic E-state index is 0.0213. The average molecular weight is 377 g/mol. The van der Waals surface area contributed by atoms with Crippen LogP contribution in [0.15, 0.2) is 29.4 Å². The van der Waals surface area contributed by atoms with E-state index in [1.165, 1.54) is 0 Å². The lowest BCUT2D eigenvalue weighted by Crippen LogP contribution is -2.43. The highest BCUT2D eigenvalue weighted by atomic mass is 16.2. The Bertz CT molecular complexity index is 1000. The molecule has 0 atom stereocenters. The van der Waals surface area contributed by atoms with Crippen LogP contribution < -0.4 is 5.73 Å². The van der Waals surface area contributed by atoms with Gasteiger partial charge in [0.2, 0.25) is 5.91 Å². The van der Waals surface area contributed by atoms with Crippen molar-refractivity contribution in [2.24, 2.45) is 16.6 Å². The first-order valence-corrected chi connectivity index (χ1v) is 9.90.